The van der Waals surface area contributed by atoms with Crippen LogP contribution in [0.25, 0.3) is 0 Å². The SMILES string of the molecule is COC(=O)N(C(=O)[C@@H](N)C(c1ccccc1)c1ccccc1)[C@@H](C)CCC[C@@H](CO)N(CC(C)C)S(=O)(=O)c1ccc(N)cc1. The lowest BCUT2D eigenvalue weighted by molar-refractivity contribution is -0.132. The molecule has 0 bridgehead atoms. The molecule has 0 saturated carbocycles. The number of aliphatic hydroxyl groups is 1. The van der Waals surface area contributed by atoms with E-state index in [2.05, 4.69) is 0 Å². The summed E-state index contributed by atoms with van der Waals surface area (Å²) >= 11 is 0. The molecule has 0 aliphatic heterocycles. The Morgan fingerprint density at radius 3 is 1.87 bits per heavy atom. The van der Waals surface area contributed by atoms with Crippen LogP contribution in [0, 0.1) is 5.92 Å². The van der Waals surface area contributed by atoms with Crippen LogP contribution in [0.15, 0.2) is 89.8 Å². The molecular weight excluding hydrogens is 592 g/mol. The number of nitrogen functional groups attached to an aromatic ring is 1. The topological polar surface area (TPSA) is 156 Å². The fourth-order valence-electron chi connectivity index (χ4n) is 5.50. The van der Waals surface area contributed by atoms with Crippen LogP contribution >= 0.6 is 0 Å². The molecule has 2 amide bonds. The number of ether oxygens (including phenoxy) is 1. The third kappa shape index (κ3) is 9.13. The molecule has 0 aromatic heterocycles. The molecule has 3 aromatic rings. The number of nitrogens with zero attached hydrogens (tertiary/aromatic N) is 2. The van der Waals surface area contributed by atoms with E-state index >= 15 is 0 Å². The van der Waals surface area contributed by atoms with Crippen molar-refractivity contribution >= 4 is 27.7 Å². The van der Waals surface area contributed by atoms with Gasteiger partial charge in [0, 0.05) is 30.2 Å². The Labute approximate surface area is 267 Å². The van der Waals surface area contributed by atoms with Crippen molar-refractivity contribution in [2.75, 3.05) is 26.0 Å². The van der Waals surface area contributed by atoms with Gasteiger partial charge in [-0.05, 0) is 67.5 Å². The number of rotatable bonds is 15. The van der Waals surface area contributed by atoms with Gasteiger partial charge in [-0.25, -0.2) is 18.1 Å². The van der Waals surface area contributed by atoms with Gasteiger partial charge in [-0.3, -0.25) is 4.79 Å². The highest BCUT2D eigenvalue weighted by molar-refractivity contribution is 7.89. The molecule has 0 heterocycles. The smallest absolute Gasteiger partial charge is 0.416 e. The van der Waals surface area contributed by atoms with Gasteiger partial charge < -0.3 is 21.3 Å². The quantitative estimate of drug-likeness (QED) is 0.204. The maximum atomic E-state index is 13.9. The zero-order chi connectivity index (χ0) is 33.1. The molecular formula is C34H46N4O6S. The number of hydrogen-bond donors (Lipinski definition) is 3. The van der Waals surface area contributed by atoms with Crippen molar-refractivity contribution in [3.8, 4) is 0 Å². The molecule has 0 aliphatic rings. The highest BCUT2D eigenvalue weighted by Crippen LogP contribution is 2.29. The summed E-state index contributed by atoms with van der Waals surface area (Å²) in [5, 5.41) is 10.3. The fraction of sp³-hybridized carbons (Fsp3) is 0.412. The summed E-state index contributed by atoms with van der Waals surface area (Å²) < 4.78 is 33.6. The molecule has 3 atom stereocenters. The van der Waals surface area contributed by atoms with E-state index in [4.69, 9.17) is 16.2 Å². The number of amides is 2. The van der Waals surface area contributed by atoms with Gasteiger partial charge in [0.05, 0.1) is 24.7 Å². The first-order chi connectivity index (χ1) is 21.4. The van der Waals surface area contributed by atoms with Crippen LogP contribution in [0.4, 0.5) is 10.5 Å². The average Bonchev–Trinajstić information content (AvgIpc) is 3.03. The summed E-state index contributed by atoms with van der Waals surface area (Å²) in [5.74, 6) is -1.10. The minimum absolute atomic E-state index is 0.00219. The number of hydrogen-bond acceptors (Lipinski definition) is 8. The number of carbonyl (C=O) groups excluding carboxylic acids is 2. The zero-order valence-electron chi connectivity index (χ0n) is 26.5. The number of nitrogens with two attached hydrogens (primary N) is 2. The summed E-state index contributed by atoms with van der Waals surface area (Å²) in [4.78, 5) is 28.1. The van der Waals surface area contributed by atoms with Crippen molar-refractivity contribution in [1.29, 1.82) is 0 Å². The summed E-state index contributed by atoms with van der Waals surface area (Å²) in [6.07, 6.45) is 0.222. The summed E-state index contributed by atoms with van der Waals surface area (Å²) in [6.45, 7) is 5.35. The van der Waals surface area contributed by atoms with Crippen LogP contribution in [0.3, 0.4) is 0 Å². The molecule has 3 aromatic carbocycles. The van der Waals surface area contributed by atoms with E-state index in [-0.39, 0.29) is 17.4 Å². The van der Waals surface area contributed by atoms with Crippen molar-refractivity contribution < 1.29 is 27.9 Å². The van der Waals surface area contributed by atoms with Gasteiger partial charge in [0.15, 0.2) is 0 Å². The van der Waals surface area contributed by atoms with Gasteiger partial charge in [0.2, 0.25) is 15.9 Å². The molecule has 3 rings (SSSR count). The van der Waals surface area contributed by atoms with Crippen molar-refractivity contribution in [2.24, 2.45) is 11.7 Å². The van der Waals surface area contributed by atoms with Gasteiger partial charge >= 0.3 is 6.09 Å². The molecule has 45 heavy (non-hydrogen) atoms. The van der Waals surface area contributed by atoms with Crippen LogP contribution in [0.2, 0.25) is 0 Å². The number of carbonyl (C=O) groups is 2. The molecule has 11 heteroatoms. The van der Waals surface area contributed by atoms with Gasteiger partial charge in [-0.1, -0.05) is 74.5 Å². The first-order valence-corrected chi connectivity index (χ1v) is 16.6. The summed E-state index contributed by atoms with van der Waals surface area (Å²) in [7, 11) is -2.72. The van der Waals surface area contributed by atoms with E-state index < -0.39 is 52.7 Å². The predicted octanol–water partition coefficient (Wildman–Crippen LogP) is 4.59. The van der Waals surface area contributed by atoms with Crippen LogP contribution < -0.4 is 11.5 Å². The monoisotopic (exact) mass is 638 g/mol. The number of anilines is 1. The van der Waals surface area contributed by atoms with Gasteiger partial charge in [-0.2, -0.15) is 4.31 Å². The number of sulfonamides is 1. The van der Waals surface area contributed by atoms with Crippen LogP contribution in [-0.2, 0) is 19.6 Å². The molecule has 5 N–H and O–H groups in total. The van der Waals surface area contributed by atoms with E-state index in [0.29, 0.717) is 24.9 Å². The fourth-order valence-corrected chi connectivity index (χ4v) is 7.31. The lowest BCUT2D eigenvalue weighted by Gasteiger charge is -2.33. The Morgan fingerprint density at radius 1 is 0.867 bits per heavy atom. The predicted molar refractivity (Wildman–Crippen MR) is 176 cm³/mol. The second-order valence-electron chi connectivity index (χ2n) is 11.7. The average molecular weight is 639 g/mol. The number of aliphatic hydroxyl groups excluding tert-OH is 1. The molecule has 244 valence electrons. The Morgan fingerprint density at radius 2 is 1.40 bits per heavy atom. The molecule has 0 unspecified atom stereocenters. The minimum atomic E-state index is -3.93. The van der Waals surface area contributed by atoms with Crippen molar-refractivity contribution in [1.82, 2.24) is 9.21 Å². The number of imide groups is 1. The Kier molecular flexibility index (Phi) is 13.1. The number of benzene rings is 3. The highest BCUT2D eigenvalue weighted by atomic mass is 32.2. The van der Waals surface area contributed by atoms with Gasteiger partial charge in [-0.15, -0.1) is 0 Å². The summed E-state index contributed by atoms with van der Waals surface area (Å²) in [6, 6.07) is 22.4. The standard InChI is InChI=1S/C34H46N4O6S/c1-24(2)22-37(45(42,43)30-20-18-28(35)19-21-30)29(23-39)17-11-12-25(3)38(34(41)44-4)33(40)32(36)31(26-13-7-5-8-14-26)27-15-9-6-10-16-27/h5-10,13-16,18-21,24-25,29,31-32,39H,11-12,17,22-23,35-36H2,1-4H3/t25-,29-,32-/m0/s1. The third-order valence-electron chi connectivity index (χ3n) is 7.82. The van der Waals surface area contributed by atoms with Crippen LogP contribution in [-0.4, -0.2) is 73.1 Å². The first-order valence-electron chi connectivity index (χ1n) is 15.2. The van der Waals surface area contributed by atoms with Crippen LogP contribution in [0.5, 0.6) is 0 Å². The first kappa shape index (κ1) is 35.7. The van der Waals surface area contributed by atoms with Crippen molar-refractivity contribution in [3.05, 3.63) is 96.1 Å². The van der Waals surface area contributed by atoms with E-state index in [1.807, 2.05) is 74.5 Å². The van der Waals surface area contributed by atoms with Gasteiger partial charge in [0.25, 0.3) is 0 Å². The maximum Gasteiger partial charge on any atom is 0.416 e. The molecule has 0 radical (unpaired) electrons. The molecule has 0 saturated heterocycles. The Balaban J connectivity index is 1.81. The zero-order valence-corrected chi connectivity index (χ0v) is 27.3. The Bertz CT molecular complexity index is 1430. The second-order valence-corrected chi connectivity index (χ2v) is 13.5. The summed E-state index contributed by atoms with van der Waals surface area (Å²) in [5.41, 5.74) is 14.5. The molecule has 0 spiro atoms. The van der Waals surface area contributed by atoms with E-state index in [0.717, 1.165) is 16.0 Å². The van der Waals surface area contributed by atoms with E-state index in [1.165, 1.54) is 35.7 Å². The maximum absolute atomic E-state index is 13.9. The normalized spacial score (nSPS) is 13.9. The van der Waals surface area contributed by atoms with Crippen molar-refractivity contribution in [3.63, 3.8) is 0 Å². The highest BCUT2D eigenvalue weighted by Gasteiger charge is 2.37. The lowest BCUT2D eigenvalue weighted by atomic mass is 9.84. The third-order valence-corrected chi connectivity index (χ3v) is 9.75. The largest absolute Gasteiger partial charge is 0.452 e. The van der Waals surface area contributed by atoms with E-state index in [1.54, 1.807) is 6.92 Å². The number of methoxy groups -OCH3 is 1. The minimum Gasteiger partial charge on any atom is -0.452 e. The van der Waals surface area contributed by atoms with Gasteiger partial charge in [0.1, 0.15) is 0 Å². The molecule has 10 nitrogen and oxygen atoms in total. The second kappa shape index (κ2) is 16.5. The van der Waals surface area contributed by atoms with Crippen molar-refractivity contribution in [2.45, 2.75) is 69.0 Å². The van der Waals surface area contributed by atoms with Crippen LogP contribution in [0.1, 0.15) is 57.1 Å². The Hall–Kier alpha value is -3.77. The molecule has 0 fully saturated rings. The lowest BCUT2D eigenvalue weighted by Crippen LogP contribution is -2.53. The molecule has 0 aliphatic carbocycles. The van der Waals surface area contributed by atoms with E-state index in [9.17, 15) is 23.1 Å².